The van der Waals surface area contributed by atoms with Gasteiger partial charge in [0.05, 0.1) is 10.0 Å². The normalized spacial score (nSPS) is 22.1. The highest BCUT2D eigenvalue weighted by Crippen LogP contribution is 2.32. The molecule has 1 heterocycles. The molecule has 1 saturated carbocycles. The van der Waals surface area contributed by atoms with Gasteiger partial charge in [-0.25, -0.2) is 13.1 Å². The van der Waals surface area contributed by atoms with Crippen LogP contribution in [0.4, 0.5) is 0 Å². The minimum absolute atomic E-state index is 0.0960. The first-order valence-electron chi connectivity index (χ1n) is 11.5. The predicted octanol–water partition coefficient (Wildman–Crippen LogP) is 5.84. The lowest BCUT2D eigenvalue weighted by molar-refractivity contribution is -0.124. The fourth-order valence-corrected chi connectivity index (χ4v) is 6.97. The van der Waals surface area contributed by atoms with Gasteiger partial charge in [-0.05, 0) is 68.9 Å². The molecular weight excluding hydrogens is 551 g/mol. The zero-order valence-corrected chi connectivity index (χ0v) is 22.9. The van der Waals surface area contributed by atoms with Crippen molar-refractivity contribution in [3.8, 4) is 5.75 Å². The summed E-state index contributed by atoms with van der Waals surface area (Å²) in [6.45, 7) is 1.84. The van der Waals surface area contributed by atoms with Crippen LogP contribution in [0.2, 0.25) is 15.1 Å². The maximum atomic E-state index is 12.7. The minimum atomic E-state index is -4.03. The van der Waals surface area contributed by atoms with E-state index in [1.807, 2.05) is 6.07 Å². The monoisotopic (exact) mass is 576 g/mol. The number of rotatable bonds is 6. The van der Waals surface area contributed by atoms with Crippen molar-refractivity contribution >= 4 is 63.4 Å². The van der Waals surface area contributed by atoms with Gasteiger partial charge >= 0.3 is 0 Å². The average molecular weight is 578 g/mol. The Balaban J connectivity index is 1.25. The van der Waals surface area contributed by atoms with E-state index in [1.165, 1.54) is 12.1 Å². The molecule has 1 saturated heterocycles. The average Bonchev–Trinajstić information content (AvgIpc) is 2.83. The molecule has 0 atom stereocenters. The van der Waals surface area contributed by atoms with Crippen LogP contribution < -0.4 is 9.46 Å². The fraction of sp³-hybridized carbons (Fsp3) is 0.458. The van der Waals surface area contributed by atoms with E-state index in [0.717, 1.165) is 44.5 Å². The number of nitrogens with zero attached hydrogens (tertiary/aromatic N) is 1. The molecule has 2 aromatic rings. The van der Waals surface area contributed by atoms with E-state index < -0.39 is 15.9 Å². The zero-order valence-electron chi connectivity index (χ0n) is 18.9. The molecule has 0 aromatic heterocycles. The Bertz CT molecular complexity index is 1180. The van der Waals surface area contributed by atoms with Gasteiger partial charge in [0.15, 0.2) is 0 Å². The van der Waals surface area contributed by atoms with Gasteiger partial charge in [0, 0.05) is 41.0 Å². The number of piperidine rings is 1. The van der Waals surface area contributed by atoms with Gasteiger partial charge in [0.1, 0.15) is 16.7 Å². The lowest BCUT2D eigenvalue weighted by atomic mass is 9.84. The zero-order chi connectivity index (χ0) is 25.2. The molecule has 1 amide bonds. The third kappa shape index (κ3) is 6.79. The smallest absolute Gasteiger partial charge is 0.265 e. The van der Waals surface area contributed by atoms with Crippen molar-refractivity contribution in [2.24, 2.45) is 5.92 Å². The SMILES string of the molecule is O=C(NS(=O)(=O)c1cc(Cl)ccc1S)C1CCC(N2CCC(Oc3ccc(Cl)c(Cl)c3)CC2)CC1. The van der Waals surface area contributed by atoms with E-state index >= 15 is 0 Å². The van der Waals surface area contributed by atoms with Gasteiger partial charge in [0.25, 0.3) is 10.0 Å². The highest BCUT2D eigenvalue weighted by atomic mass is 35.5. The number of carbonyl (C=O) groups is 1. The second-order valence-electron chi connectivity index (χ2n) is 9.02. The first-order chi connectivity index (χ1) is 16.6. The van der Waals surface area contributed by atoms with Gasteiger partial charge in [-0.1, -0.05) is 34.8 Å². The number of sulfonamides is 1. The third-order valence-electron chi connectivity index (χ3n) is 6.70. The van der Waals surface area contributed by atoms with Crippen LogP contribution in [-0.4, -0.2) is 44.5 Å². The molecule has 2 fully saturated rings. The Morgan fingerprint density at radius 3 is 2.29 bits per heavy atom. The minimum Gasteiger partial charge on any atom is -0.490 e. The van der Waals surface area contributed by atoms with Crippen LogP contribution in [0.1, 0.15) is 38.5 Å². The van der Waals surface area contributed by atoms with E-state index in [2.05, 4.69) is 22.3 Å². The number of nitrogens with one attached hydrogen (secondary N) is 1. The number of amides is 1. The van der Waals surface area contributed by atoms with Crippen LogP contribution in [0.3, 0.4) is 0 Å². The van der Waals surface area contributed by atoms with Crippen molar-refractivity contribution in [3.63, 3.8) is 0 Å². The van der Waals surface area contributed by atoms with E-state index in [9.17, 15) is 13.2 Å². The summed E-state index contributed by atoms with van der Waals surface area (Å²) < 4.78 is 33.7. The Morgan fingerprint density at radius 2 is 1.63 bits per heavy atom. The Kier molecular flexibility index (Phi) is 8.82. The van der Waals surface area contributed by atoms with Crippen molar-refractivity contribution in [1.82, 2.24) is 9.62 Å². The van der Waals surface area contributed by atoms with Gasteiger partial charge in [-0.15, -0.1) is 12.6 Å². The Labute approximate surface area is 226 Å². The molecule has 0 spiro atoms. The van der Waals surface area contributed by atoms with Gasteiger partial charge in [-0.3, -0.25) is 4.79 Å². The number of ether oxygens (including phenoxy) is 1. The van der Waals surface area contributed by atoms with Crippen LogP contribution in [-0.2, 0) is 14.8 Å². The second kappa shape index (κ2) is 11.5. The van der Waals surface area contributed by atoms with Crippen LogP contribution in [0, 0.1) is 5.92 Å². The molecule has 6 nitrogen and oxygen atoms in total. The lowest BCUT2D eigenvalue weighted by Crippen LogP contribution is -2.46. The molecule has 1 aliphatic carbocycles. The van der Waals surface area contributed by atoms with E-state index in [1.54, 1.807) is 18.2 Å². The lowest BCUT2D eigenvalue weighted by Gasteiger charge is -2.40. The molecule has 190 valence electrons. The number of hydrogen-bond acceptors (Lipinski definition) is 6. The van der Waals surface area contributed by atoms with Crippen molar-refractivity contribution in [2.75, 3.05) is 13.1 Å². The van der Waals surface area contributed by atoms with Crippen molar-refractivity contribution in [1.29, 1.82) is 0 Å². The van der Waals surface area contributed by atoms with Gasteiger partial charge in [0.2, 0.25) is 5.91 Å². The molecule has 4 rings (SSSR count). The Morgan fingerprint density at radius 1 is 0.943 bits per heavy atom. The maximum Gasteiger partial charge on any atom is 0.265 e. The molecular formula is C24H27Cl3N2O4S2. The van der Waals surface area contributed by atoms with Crippen LogP contribution >= 0.6 is 47.4 Å². The van der Waals surface area contributed by atoms with E-state index in [0.29, 0.717) is 28.9 Å². The van der Waals surface area contributed by atoms with Crippen molar-refractivity contribution < 1.29 is 17.9 Å². The van der Waals surface area contributed by atoms with Crippen molar-refractivity contribution in [2.45, 2.75) is 60.5 Å². The number of thiol groups is 1. The van der Waals surface area contributed by atoms with Crippen LogP contribution in [0.15, 0.2) is 46.2 Å². The highest BCUT2D eigenvalue weighted by molar-refractivity contribution is 7.91. The van der Waals surface area contributed by atoms with Gasteiger partial charge in [-0.2, -0.15) is 0 Å². The molecule has 0 radical (unpaired) electrons. The summed E-state index contributed by atoms with van der Waals surface area (Å²) >= 11 is 22.2. The first kappa shape index (κ1) is 26.9. The molecule has 0 bridgehead atoms. The number of halogens is 3. The number of benzene rings is 2. The fourth-order valence-electron chi connectivity index (χ4n) is 4.78. The molecule has 11 heteroatoms. The first-order valence-corrected chi connectivity index (χ1v) is 14.6. The largest absolute Gasteiger partial charge is 0.490 e. The summed E-state index contributed by atoms with van der Waals surface area (Å²) in [4.78, 5) is 15.3. The molecule has 2 aromatic carbocycles. The summed E-state index contributed by atoms with van der Waals surface area (Å²) in [5.41, 5.74) is 0. The van der Waals surface area contributed by atoms with E-state index in [-0.39, 0.29) is 26.8 Å². The quantitative estimate of drug-likeness (QED) is 0.422. The number of hydrogen-bond donors (Lipinski definition) is 2. The van der Waals surface area contributed by atoms with E-state index in [4.69, 9.17) is 39.5 Å². The maximum absolute atomic E-state index is 12.7. The Hall–Kier alpha value is -1.16. The molecule has 1 aliphatic heterocycles. The molecule has 2 aliphatic rings. The van der Waals surface area contributed by atoms with Crippen LogP contribution in [0.5, 0.6) is 5.75 Å². The number of likely N-dealkylation sites (tertiary alicyclic amines) is 1. The van der Waals surface area contributed by atoms with Crippen LogP contribution in [0.25, 0.3) is 0 Å². The molecule has 0 unspecified atom stereocenters. The van der Waals surface area contributed by atoms with Gasteiger partial charge < -0.3 is 9.64 Å². The highest BCUT2D eigenvalue weighted by Gasteiger charge is 2.33. The summed E-state index contributed by atoms with van der Waals surface area (Å²) in [6.07, 6.45) is 4.94. The predicted molar refractivity (Wildman–Crippen MR) is 141 cm³/mol. The molecule has 35 heavy (non-hydrogen) atoms. The number of carbonyl (C=O) groups excluding carboxylic acids is 1. The summed E-state index contributed by atoms with van der Waals surface area (Å²) in [5.74, 6) is -0.0777. The van der Waals surface area contributed by atoms with Crippen molar-refractivity contribution in [3.05, 3.63) is 51.5 Å². The molecule has 1 N–H and O–H groups in total. The topological polar surface area (TPSA) is 75.7 Å². The summed E-state index contributed by atoms with van der Waals surface area (Å²) in [6, 6.07) is 10.0. The summed E-state index contributed by atoms with van der Waals surface area (Å²) in [7, 11) is -4.03. The summed E-state index contributed by atoms with van der Waals surface area (Å²) in [5, 5.41) is 1.25. The third-order valence-corrected chi connectivity index (χ3v) is 9.60. The second-order valence-corrected chi connectivity index (χ2v) is 12.4. The standard InChI is InChI=1S/C24H27Cl3N2O4S2/c25-16-3-8-22(34)23(13-16)35(31,32)28-24(30)15-1-4-17(5-2-15)29-11-9-18(10-12-29)33-19-6-7-20(26)21(27)14-19/h3,6-8,13-15,17-18,34H,1-2,4-5,9-12H2,(H,28,30).